The molecule has 0 saturated carbocycles. The quantitative estimate of drug-likeness (QED) is 0.908. The minimum absolute atomic E-state index is 0.0626. The Bertz CT molecular complexity index is 563. The van der Waals surface area contributed by atoms with E-state index in [2.05, 4.69) is 4.98 Å². The van der Waals surface area contributed by atoms with Gasteiger partial charge in [-0.3, -0.25) is 0 Å². The summed E-state index contributed by atoms with van der Waals surface area (Å²) in [4.78, 5) is 14.8. The molecule has 0 unspecified atom stereocenters. The molecule has 0 aliphatic rings. The molecule has 0 aliphatic heterocycles. The molecular weight excluding hydrogens is 238 g/mol. The molecule has 17 heavy (non-hydrogen) atoms. The normalized spacial score (nSPS) is 10.2. The second-order valence-corrected chi connectivity index (χ2v) is 4.40. The van der Waals surface area contributed by atoms with Crippen LogP contribution < -0.4 is 4.74 Å². The molecule has 0 atom stereocenters. The molecule has 0 saturated heterocycles. The van der Waals surface area contributed by atoms with Crippen molar-refractivity contribution in [2.45, 2.75) is 6.92 Å². The summed E-state index contributed by atoms with van der Waals surface area (Å²) in [5.74, 6) is -0.310. The predicted octanol–water partition coefficient (Wildman–Crippen LogP) is 2.83. The average Bonchev–Trinajstić information content (AvgIpc) is 2.78. The number of aryl methyl sites for hydroxylation is 1. The molecule has 1 aromatic heterocycles. The maximum absolute atomic E-state index is 10.8. The largest absolute Gasteiger partial charge is 0.496 e. The summed E-state index contributed by atoms with van der Waals surface area (Å²) in [6.07, 6.45) is 0. The highest BCUT2D eigenvalue weighted by Crippen LogP contribution is 2.32. The van der Waals surface area contributed by atoms with E-state index < -0.39 is 5.97 Å². The lowest BCUT2D eigenvalue weighted by atomic mass is 10.1. The third-order valence-electron chi connectivity index (χ3n) is 2.31. The van der Waals surface area contributed by atoms with E-state index in [1.54, 1.807) is 7.11 Å². The number of aromatic nitrogens is 1. The van der Waals surface area contributed by atoms with Crippen molar-refractivity contribution >= 4 is 17.3 Å². The van der Waals surface area contributed by atoms with Gasteiger partial charge in [-0.1, -0.05) is 6.07 Å². The molecule has 2 aromatic rings. The maximum atomic E-state index is 10.8. The Morgan fingerprint density at radius 1 is 1.47 bits per heavy atom. The van der Waals surface area contributed by atoms with E-state index in [0.717, 1.165) is 11.1 Å². The lowest BCUT2D eigenvalue weighted by Gasteiger charge is -2.06. The first kappa shape index (κ1) is 11.6. The molecule has 5 heteroatoms. The van der Waals surface area contributed by atoms with E-state index in [9.17, 15) is 4.79 Å². The molecule has 0 aliphatic carbocycles. The monoisotopic (exact) mass is 249 g/mol. The van der Waals surface area contributed by atoms with Crippen LogP contribution in [0, 0.1) is 6.92 Å². The van der Waals surface area contributed by atoms with Crippen LogP contribution in [0.2, 0.25) is 0 Å². The van der Waals surface area contributed by atoms with Gasteiger partial charge in [-0.05, 0) is 24.6 Å². The molecule has 88 valence electrons. The Labute approximate surface area is 103 Å². The topological polar surface area (TPSA) is 59.4 Å². The van der Waals surface area contributed by atoms with Crippen LogP contribution in [0.25, 0.3) is 10.6 Å². The lowest BCUT2D eigenvalue weighted by Crippen LogP contribution is -1.96. The molecule has 1 aromatic carbocycles. The number of nitrogens with zero attached hydrogens (tertiary/aromatic N) is 1. The van der Waals surface area contributed by atoms with E-state index in [4.69, 9.17) is 9.84 Å². The van der Waals surface area contributed by atoms with Gasteiger partial charge in [-0.25, -0.2) is 9.78 Å². The van der Waals surface area contributed by atoms with Gasteiger partial charge in [-0.15, -0.1) is 11.3 Å². The zero-order valence-electron chi connectivity index (χ0n) is 9.43. The fourth-order valence-corrected chi connectivity index (χ4v) is 2.29. The summed E-state index contributed by atoms with van der Waals surface area (Å²) in [5, 5.41) is 11.0. The number of carbonyl (C=O) groups is 1. The van der Waals surface area contributed by atoms with Crippen molar-refractivity contribution in [1.82, 2.24) is 4.98 Å². The van der Waals surface area contributed by atoms with Gasteiger partial charge < -0.3 is 9.84 Å². The van der Waals surface area contributed by atoms with Crippen molar-refractivity contribution in [3.8, 4) is 16.3 Å². The van der Waals surface area contributed by atoms with Crippen molar-refractivity contribution in [2.75, 3.05) is 7.11 Å². The Morgan fingerprint density at radius 3 is 2.82 bits per heavy atom. The third kappa shape index (κ3) is 2.29. The molecular formula is C12H11NO3S. The van der Waals surface area contributed by atoms with E-state index >= 15 is 0 Å². The number of rotatable bonds is 3. The standard InChI is InChI=1S/C12H11NO3S/c1-7-3-4-8(10(5-7)16-2)11-13-9(6-17-11)12(14)15/h3-6H,1-2H3,(H,14,15). The molecule has 0 bridgehead atoms. The van der Waals surface area contributed by atoms with Gasteiger partial charge in [0.05, 0.1) is 12.7 Å². The number of hydrogen-bond acceptors (Lipinski definition) is 4. The van der Waals surface area contributed by atoms with Gasteiger partial charge in [0.25, 0.3) is 0 Å². The number of methoxy groups -OCH3 is 1. The van der Waals surface area contributed by atoms with Crippen molar-refractivity contribution < 1.29 is 14.6 Å². The summed E-state index contributed by atoms with van der Waals surface area (Å²) in [6, 6.07) is 5.73. The maximum Gasteiger partial charge on any atom is 0.355 e. The van der Waals surface area contributed by atoms with Crippen LogP contribution in [0.4, 0.5) is 0 Å². The fraction of sp³-hybridized carbons (Fsp3) is 0.167. The number of ether oxygens (including phenoxy) is 1. The Morgan fingerprint density at radius 2 is 2.24 bits per heavy atom. The second-order valence-electron chi connectivity index (χ2n) is 3.55. The van der Waals surface area contributed by atoms with Crippen LogP contribution in [0.1, 0.15) is 16.1 Å². The molecule has 0 amide bonds. The first-order chi connectivity index (χ1) is 8.11. The molecule has 2 rings (SSSR count). The van der Waals surface area contributed by atoms with Gasteiger partial charge >= 0.3 is 5.97 Å². The summed E-state index contributed by atoms with van der Waals surface area (Å²) >= 11 is 1.29. The number of aromatic carboxylic acids is 1. The van der Waals surface area contributed by atoms with E-state index in [1.807, 2.05) is 25.1 Å². The van der Waals surface area contributed by atoms with Crippen LogP contribution in [0.5, 0.6) is 5.75 Å². The minimum Gasteiger partial charge on any atom is -0.496 e. The van der Waals surface area contributed by atoms with Crippen LogP contribution in [0.15, 0.2) is 23.6 Å². The average molecular weight is 249 g/mol. The molecule has 0 radical (unpaired) electrons. The van der Waals surface area contributed by atoms with Crippen LogP contribution in [-0.2, 0) is 0 Å². The van der Waals surface area contributed by atoms with E-state index in [0.29, 0.717) is 10.8 Å². The van der Waals surface area contributed by atoms with Gasteiger partial charge in [-0.2, -0.15) is 0 Å². The Hall–Kier alpha value is -1.88. The number of carboxylic acids is 1. The number of benzene rings is 1. The highest BCUT2D eigenvalue weighted by Gasteiger charge is 2.13. The van der Waals surface area contributed by atoms with Gasteiger partial charge in [0.15, 0.2) is 5.69 Å². The van der Waals surface area contributed by atoms with Gasteiger partial charge in [0, 0.05) is 5.38 Å². The highest BCUT2D eigenvalue weighted by atomic mass is 32.1. The van der Waals surface area contributed by atoms with Crippen LogP contribution in [-0.4, -0.2) is 23.2 Å². The smallest absolute Gasteiger partial charge is 0.355 e. The number of thiazole rings is 1. The summed E-state index contributed by atoms with van der Waals surface area (Å²) in [7, 11) is 1.59. The van der Waals surface area contributed by atoms with E-state index in [1.165, 1.54) is 16.7 Å². The minimum atomic E-state index is -1.02. The molecule has 4 nitrogen and oxygen atoms in total. The highest BCUT2D eigenvalue weighted by molar-refractivity contribution is 7.13. The van der Waals surface area contributed by atoms with Crippen LogP contribution in [0.3, 0.4) is 0 Å². The lowest BCUT2D eigenvalue weighted by molar-refractivity contribution is 0.0691. The molecule has 0 spiro atoms. The first-order valence-corrected chi connectivity index (χ1v) is 5.83. The Balaban J connectivity index is 2.48. The summed E-state index contributed by atoms with van der Waals surface area (Å²) in [5.41, 5.74) is 1.96. The SMILES string of the molecule is COc1cc(C)ccc1-c1nc(C(=O)O)cs1. The summed E-state index contributed by atoms with van der Waals surface area (Å²) < 4.78 is 5.27. The number of hydrogen-bond donors (Lipinski definition) is 1. The second kappa shape index (κ2) is 4.55. The molecule has 1 heterocycles. The zero-order chi connectivity index (χ0) is 12.4. The molecule has 1 N–H and O–H groups in total. The van der Waals surface area contributed by atoms with Gasteiger partial charge in [0.1, 0.15) is 10.8 Å². The van der Waals surface area contributed by atoms with E-state index in [-0.39, 0.29) is 5.69 Å². The van der Waals surface area contributed by atoms with Crippen molar-refractivity contribution in [2.24, 2.45) is 0 Å². The fourth-order valence-electron chi connectivity index (χ4n) is 1.47. The third-order valence-corrected chi connectivity index (χ3v) is 3.19. The zero-order valence-corrected chi connectivity index (χ0v) is 10.2. The van der Waals surface area contributed by atoms with Crippen LogP contribution >= 0.6 is 11.3 Å². The van der Waals surface area contributed by atoms with Crippen molar-refractivity contribution in [1.29, 1.82) is 0 Å². The predicted molar refractivity (Wildman–Crippen MR) is 65.8 cm³/mol. The number of carboxylic acid groups (broad SMARTS) is 1. The van der Waals surface area contributed by atoms with Gasteiger partial charge in [0.2, 0.25) is 0 Å². The van der Waals surface area contributed by atoms with Crippen molar-refractivity contribution in [3.05, 3.63) is 34.8 Å². The first-order valence-electron chi connectivity index (χ1n) is 4.95. The molecule has 0 fully saturated rings. The Kier molecular flexibility index (Phi) is 3.10. The summed E-state index contributed by atoms with van der Waals surface area (Å²) in [6.45, 7) is 1.97. The van der Waals surface area contributed by atoms with Crippen molar-refractivity contribution in [3.63, 3.8) is 0 Å².